The normalized spacial score (nSPS) is 12.2. The molecule has 0 aliphatic heterocycles. The van der Waals surface area contributed by atoms with Crippen LogP contribution in [-0.2, 0) is 0 Å². The molecule has 0 spiro atoms. The molecule has 5 heteroatoms. The van der Waals surface area contributed by atoms with Crippen LogP contribution in [0, 0.1) is 0 Å². The van der Waals surface area contributed by atoms with Crippen molar-refractivity contribution >= 4 is 107 Å². The third kappa shape index (κ3) is 4.09. The van der Waals surface area contributed by atoms with Crippen molar-refractivity contribution in [1.29, 1.82) is 0 Å². The minimum atomic E-state index is 0.902. The van der Waals surface area contributed by atoms with Gasteiger partial charge < -0.3 is 8.98 Å². The average molecular weight is 699 g/mol. The van der Waals surface area contributed by atoms with E-state index in [-0.39, 0.29) is 0 Å². The van der Waals surface area contributed by atoms with E-state index in [1.165, 1.54) is 79.0 Å². The molecule has 242 valence electrons. The van der Waals surface area contributed by atoms with E-state index < -0.39 is 0 Å². The number of pyridine rings is 1. The molecule has 0 amide bonds. The Morgan fingerprint density at radius 3 is 1.81 bits per heavy atom. The van der Waals surface area contributed by atoms with Gasteiger partial charge in [0.05, 0.1) is 21.3 Å². The molecule has 0 atom stereocenters. The average Bonchev–Trinajstić information content (AvgIpc) is 3.95. The van der Waals surface area contributed by atoms with Crippen molar-refractivity contribution in [3.63, 3.8) is 0 Å². The van der Waals surface area contributed by atoms with Gasteiger partial charge in [0.1, 0.15) is 11.2 Å². The van der Waals surface area contributed by atoms with Crippen LogP contribution in [0.3, 0.4) is 0 Å². The summed E-state index contributed by atoms with van der Waals surface area (Å²) < 4.78 is 13.9. The first-order chi connectivity index (χ1) is 25.7. The lowest BCUT2D eigenvalue weighted by molar-refractivity contribution is 0.669. The van der Waals surface area contributed by atoms with Crippen LogP contribution in [0.2, 0.25) is 0 Å². The third-order valence-electron chi connectivity index (χ3n) is 10.7. The number of nitrogens with zero attached hydrogens (tertiary/aromatic N) is 2. The Balaban J connectivity index is 0.994. The van der Waals surface area contributed by atoms with E-state index in [0.717, 1.165) is 33.1 Å². The summed E-state index contributed by atoms with van der Waals surface area (Å²) in [5, 5.41) is 8.56. The predicted molar refractivity (Wildman–Crippen MR) is 223 cm³/mol. The number of fused-ring (bicyclic) bond motifs is 12. The first kappa shape index (κ1) is 28.4. The number of thiophene rings is 2. The first-order valence-electron chi connectivity index (χ1n) is 17.4. The summed E-state index contributed by atoms with van der Waals surface area (Å²) in [7, 11) is 0. The lowest BCUT2D eigenvalue weighted by Crippen LogP contribution is -1.93. The number of rotatable bonds is 3. The molecular formula is C47H26N2OS2. The van der Waals surface area contributed by atoms with Crippen molar-refractivity contribution in [3.8, 4) is 27.9 Å². The van der Waals surface area contributed by atoms with Crippen LogP contribution in [0.4, 0.5) is 0 Å². The van der Waals surface area contributed by atoms with Crippen molar-refractivity contribution in [2.75, 3.05) is 0 Å². The van der Waals surface area contributed by atoms with Crippen molar-refractivity contribution in [2.24, 2.45) is 0 Å². The van der Waals surface area contributed by atoms with Gasteiger partial charge in [-0.2, -0.15) is 0 Å². The highest BCUT2D eigenvalue weighted by atomic mass is 32.1. The fourth-order valence-electron chi connectivity index (χ4n) is 8.20. The predicted octanol–water partition coefficient (Wildman–Crippen LogP) is 14.1. The van der Waals surface area contributed by atoms with Crippen molar-refractivity contribution in [2.45, 2.75) is 0 Å². The fourth-order valence-corrected chi connectivity index (χ4v) is 10.3. The van der Waals surface area contributed by atoms with Gasteiger partial charge >= 0.3 is 0 Å². The van der Waals surface area contributed by atoms with Gasteiger partial charge in [-0.3, -0.25) is 4.98 Å². The van der Waals surface area contributed by atoms with Crippen molar-refractivity contribution in [1.82, 2.24) is 9.55 Å². The molecule has 0 saturated heterocycles. The quantitative estimate of drug-likeness (QED) is 0.184. The highest BCUT2D eigenvalue weighted by molar-refractivity contribution is 7.26. The fraction of sp³-hybridized carbons (Fsp3) is 0. The molecule has 5 aromatic heterocycles. The standard InChI is InChI=1S/C47H26N2OS2/c1-3-8-39-32(6-1)34-22-27(11-16-40(34)49(39)31-15-20-45-38(26-31)47-46(52-45)10-5-21-48-47)28-12-17-41-35(23-28)36-24-29(13-18-42(36)50-41)30-14-19-44-37(25-30)33-7-2-4-9-43(33)51-44/h1-26H. The van der Waals surface area contributed by atoms with Crippen molar-refractivity contribution < 1.29 is 4.42 Å². The van der Waals surface area contributed by atoms with Gasteiger partial charge in [-0.1, -0.05) is 60.7 Å². The summed E-state index contributed by atoms with van der Waals surface area (Å²) in [6.07, 6.45) is 1.89. The molecule has 12 aromatic rings. The number of furan rings is 1. The molecule has 0 aliphatic carbocycles. The smallest absolute Gasteiger partial charge is 0.135 e. The van der Waals surface area contributed by atoms with E-state index >= 15 is 0 Å². The van der Waals surface area contributed by atoms with Crippen LogP contribution >= 0.6 is 22.7 Å². The number of hydrogen-bond acceptors (Lipinski definition) is 4. The Bertz CT molecular complexity index is 3430. The summed E-state index contributed by atoms with van der Waals surface area (Å²) in [6.45, 7) is 0. The van der Waals surface area contributed by atoms with Gasteiger partial charge in [0, 0.05) is 63.7 Å². The Morgan fingerprint density at radius 1 is 0.404 bits per heavy atom. The summed E-state index contributed by atoms with van der Waals surface area (Å²) in [6, 6.07) is 55.3. The maximum Gasteiger partial charge on any atom is 0.135 e. The van der Waals surface area contributed by atoms with Crippen molar-refractivity contribution in [3.05, 3.63) is 158 Å². The zero-order valence-electron chi connectivity index (χ0n) is 27.6. The minimum Gasteiger partial charge on any atom is -0.456 e. The molecule has 7 aromatic carbocycles. The molecule has 0 fully saturated rings. The zero-order valence-corrected chi connectivity index (χ0v) is 29.3. The largest absolute Gasteiger partial charge is 0.456 e. The number of aromatic nitrogens is 2. The molecule has 0 aliphatic rings. The molecule has 0 unspecified atom stereocenters. The van der Waals surface area contributed by atoms with E-state index in [2.05, 4.69) is 150 Å². The molecule has 5 heterocycles. The molecule has 0 radical (unpaired) electrons. The van der Waals surface area contributed by atoms with Crippen LogP contribution in [0.15, 0.2) is 162 Å². The highest BCUT2D eigenvalue weighted by Gasteiger charge is 2.17. The lowest BCUT2D eigenvalue weighted by atomic mass is 9.98. The molecule has 12 rings (SSSR count). The maximum absolute atomic E-state index is 6.38. The monoisotopic (exact) mass is 698 g/mol. The molecule has 0 saturated carbocycles. The van der Waals surface area contributed by atoms with Gasteiger partial charge in [0.25, 0.3) is 0 Å². The second kappa shape index (κ2) is 10.6. The SMILES string of the molecule is c1ccc2c(c1)sc1ccc(-c3ccc4oc5ccc(-c6ccc7c(c6)c6ccccc6n7-c6ccc7sc8cccnc8c7c6)cc5c4c3)cc12. The number of benzene rings is 7. The van der Waals surface area contributed by atoms with Gasteiger partial charge in [-0.05, 0) is 113 Å². The van der Waals surface area contributed by atoms with Gasteiger partial charge in [-0.15, -0.1) is 22.7 Å². The molecular weight excluding hydrogens is 673 g/mol. The molecule has 3 nitrogen and oxygen atoms in total. The Hall–Kier alpha value is -6.27. The van der Waals surface area contributed by atoms with Crippen LogP contribution in [0.1, 0.15) is 0 Å². The lowest BCUT2D eigenvalue weighted by Gasteiger charge is -2.09. The van der Waals surface area contributed by atoms with Crippen LogP contribution in [-0.4, -0.2) is 9.55 Å². The minimum absolute atomic E-state index is 0.902. The van der Waals surface area contributed by atoms with E-state index in [4.69, 9.17) is 9.40 Å². The summed E-state index contributed by atoms with van der Waals surface area (Å²) in [5.41, 5.74) is 11.2. The summed E-state index contributed by atoms with van der Waals surface area (Å²) >= 11 is 3.65. The third-order valence-corrected chi connectivity index (χ3v) is 12.9. The van der Waals surface area contributed by atoms with Crippen LogP contribution in [0.25, 0.3) is 112 Å². The highest BCUT2D eigenvalue weighted by Crippen LogP contribution is 2.41. The Kier molecular flexibility index (Phi) is 5.81. The van der Waals surface area contributed by atoms with Gasteiger partial charge in [-0.25, -0.2) is 0 Å². The van der Waals surface area contributed by atoms with Gasteiger partial charge in [0.2, 0.25) is 0 Å². The van der Waals surface area contributed by atoms with E-state index in [1.807, 2.05) is 23.6 Å². The van der Waals surface area contributed by atoms with Crippen LogP contribution < -0.4 is 0 Å². The number of para-hydroxylation sites is 1. The summed E-state index contributed by atoms with van der Waals surface area (Å²) in [4.78, 5) is 4.73. The second-order valence-corrected chi connectivity index (χ2v) is 15.7. The number of hydrogen-bond donors (Lipinski definition) is 0. The maximum atomic E-state index is 6.38. The second-order valence-electron chi connectivity index (χ2n) is 13.6. The molecule has 52 heavy (non-hydrogen) atoms. The van der Waals surface area contributed by atoms with Gasteiger partial charge in [0.15, 0.2) is 0 Å². The molecule has 0 bridgehead atoms. The van der Waals surface area contributed by atoms with E-state index in [1.54, 1.807) is 11.3 Å². The first-order valence-corrected chi connectivity index (χ1v) is 19.1. The molecule has 0 N–H and O–H groups in total. The Labute approximate surface area is 305 Å². The van der Waals surface area contributed by atoms with Crippen LogP contribution in [0.5, 0.6) is 0 Å². The van der Waals surface area contributed by atoms with E-state index in [0.29, 0.717) is 0 Å². The zero-order chi connectivity index (χ0) is 33.9. The van der Waals surface area contributed by atoms with E-state index in [9.17, 15) is 0 Å². The Morgan fingerprint density at radius 2 is 0.981 bits per heavy atom. The summed E-state index contributed by atoms with van der Waals surface area (Å²) in [5.74, 6) is 0. The topological polar surface area (TPSA) is 31.0 Å².